The lowest BCUT2D eigenvalue weighted by molar-refractivity contribution is 0.220. The largest absolute Gasteiger partial charge is 0.493 e. The summed E-state index contributed by atoms with van der Waals surface area (Å²) in [6, 6.07) is 11.3. The normalized spacial score (nSPS) is 14.9. The Labute approximate surface area is 125 Å². The molecule has 0 bridgehead atoms. The summed E-state index contributed by atoms with van der Waals surface area (Å²) >= 11 is 9.55. The van der Waals surface area contributed by atoms with Gasteiger partial charge in [0.1, 0.15) is 11.9 Å². The van der Waals surface area contributed by atoms with Crippen LogP contribution in [-0.4, -0.2) is 11.7 Å². The summed E-state index contributed by atoms with van der Waals surface area (Å²) in [6.07, 6.45) is 0.165. The van der Waals surface area contributed by atoms with Crippen LogP contribution in [0.4, 0.5) is 0 Å². The number of ether oxygens (including phenoxy) is 1. The molecule has 0 saturated carbocycles. The second-order valence-corrected chi connectivity index (χ2v) is 5.86. The number of rotatable bonds is 2. The van der Waals surface area contributed by atoms with Crippen LogP contribution in [0.5, 0.6) is 5.75 Å². The molecule has 19 heavy (non-hydrogen) atoms. The topological polar surface area (TPSA) is 29.5 Å². The van der Waals surface area contributed by atoms with E-state index >= 15 is 0 Å². The Bertz CT molecular complexity index is 628. The summed E-state index contributed by atoms with van der Waals surface area (Å²) in [5.74, 6) is 0.913. The van der Waals surface area contributed by atoms with Crippen LogP contribution >= 0.6 is 27.5 Å². The molecule has 0 aromatic heterocycles. The lowest BCUT2D eigenvalue weighted by Gasteiger charge is -2.14. The molecule has 0 spiro atoms. The Morgan fingerprint density at radius 1 is 1.21 bits per heavy atom. The highest BCUT2D eigenvalue weighted by Crippen LogP contribution is 2.34. The van der Waals surface area contributed by atoms with Crippen molar-refractivity contribution in [1.82, 2.24) is 0 Å². The molecule has 0 fully saturated rings. The van der Waals surface area contributed by atoms with Crippen LogP contribution in [0.3, 0.4) is 0 Å². The average molecular weight is 340 g/mol. The van der Waals surface area contributed by atoms with E-state index in [0.717, 1.165) is 27.8 Å². The molecule has 1 N–H and O–H groups in total. The van der Waals surface area contributed by atoms with E-state index in [4.69, 9.17) is 16.3 Å². The fourth-order valence-corrected chi connectivity index (χ4v) is 2.88. The van der Waals surface area contributed by atoms with Crippen molar-refractivity contribution < 1.29 is 9.84 Å². The zero-order valence-electron chi connectivity index (χ0n) is 10.1. The van der Waals surface area contributed by atoms with Crippen molar-refractivity contribution >= 4 is 27.5 Å². The molecule has 2 nitrogen and oxygen atoms in total. The minimum absolute atomic E-state index is 0.562. The van der Waals surface area contributed by atoms with Gasteiger partial charge in [0.2, 0.25) is 0 Å². The summed E-state index contributed by atoms with van der Waals surface area (Å²) in [7, 11) is 0. The third-order valence-electron chi connectivity index (χ3n) is 3.28. The van der Waals surface area contributed by atoms with Gasteiger partial charge in [-0.25, -0.2) is 0 Å². The van der Waals surface area contributed by atoms with Gasteiger partial charge in [0, 0.05) is 21.5 Å². The third kappa shape index (κ3) is 2.50. The number of halogens is 2. The summed E-state index contributed by atoms with van der Waals surface area (Å²) in [5, 5.41) is 11.0. The summed E-state index contributed by atoms with van der Waals surface area (Å²) < 4.78 is 6.37. The Balaban J connectivity index is 1.99. The first-order valence-corrected chi connectivity index (χ1v) is 7.21. The maximum Gasteiger partial charge on any atom is 0.122 e. The molecule has 0 radical (unpaired) electrons. The molecule has 2 aromatic carbocycles. The van der Waals surface area contributed by atoms with Crippen LogP contribution in [0.25, 0.3) is 0 Å². The lowest BCUT2D eigenvalue weighted by atomic mass is 9.99. The maximum atomic E-state index is 10.5. The minimum atomic E-state index is -0.726. The highest BCUT2D eigenvalue weighted by molar-refractivity contribution is 9.10. The molecule has 2 aromatic rings. The van der Waals surface area contributed by atoms with E-state index in [0.29, 0.717) is 17.2 Å². The second-order valence-electron chi connectivity index (χ2n) is 4.53. The lowest BCUT2D eigenvalue weighted by Crippen LogP contribution is -2.01. The van der Waals surface area contributed by atoms with Crippen molar-refractivity contribution in [2.75, 3.05) is 6.61 Å². The van der Waals surface area contributed by atoms with Gasteiger partial charge in [0.15, 0.2) is 0 Å². The van der Waals surface area contributed by atoms with E-state index in [1.807, 2.05) is 30.3 Å². The number of hydrogen-bond donors (Lipinski definition) is 1. The van der Waals surface area contributed by atoms with Crippen LogP contribution in [-0.2, 0) is 6.42 Å². The molecule has 1 aliphatic heterocycles. The molecular formula is C15H12BrClO2. The van der Waals surface area contributed by atoms with E-state index in [-0.39, 0.29) is 0 Å². The Morgan fingerprint density at radius 3 is 2.89 bits per heavy atom. The Kier molecular flexibility index (Phi) is 3.52. The average Bonchev–Trinajstić information content (AvgIpc) is 2.88. The van der Waals surface area contributed by atoms with Gasteiger partial charge in [-0.3, -0.25) is 0 Å². The van der Waals surface area contributed by atoms with Crippen LogP contribution in [0.1, 0.15) is 22.8 Å². The SMILES string of the molecule is OC(c1ccc2c(c1)CCO2)c1cc(Br)ccc1Cl. The predicted molar refractivity (Wildman–Crippen MR) is 78.9 cm³/mol. The first kappa shape index (κ1) is 13.0. The number of aliphatic hydroxyl groups is 1. The molecule has 1 unspecified atom stereocenters. The van der Waals surface area contributed by atoms with Gasteiger partial charge in [-0.2, -0.15) is 0 Å². The molecule has 1 heterocycles. The molecule has 4 heteroatoms. The monoisotopic (exact) mass is 338 g/mol. The molecule has 98 valence electrons. The van der Waals surface area contributed by atoms with Gasteiger partial charge < -0.3 is 9.84 Å². The summed E-state index contributed by atoms with van der Waals surface area (Å²) in [6.45, 7) is 0.715. The third-order valence-corrected chi connectivity index (χ3v) is 4.12. The van der Waals surface area contributed by atoms with Crippen molar-refractivity contribution in [3.63, 3.8) is 0 Å². The van der Waals surface area contributed by atoms with Crippen LogP contribution < -0.4 is 4.74 Å². The quantitative estimate of drug-likeness (QED) is 0.892. The zero-order chi connectivity index (χ0) is 13.4. The highest BCUT2D eigenvalue weighted by Gasteiger charge is 2.18. The van der Waals surface area contributed by atoms with Gasteiger partial charge in [0.25, 0.3) is 0 Å². The van der Waals surface area contributed by atoms with E-state index in [9.17, 15) is 5.11 Å². The van der Waals surface area contributed by atoms with Gasteiger partial charge in [-0.1, -0.05) is 33.6 Å². The molecule has 1 aliphatic rings. The van der Waals surface area contributed by atoms with Gasteiger partial charge in [-0.15, -0.1) is 0 Å². The van der Waals surface area contributed by atoms with Crippen molar-refractivity contribution in [1.29, 1.82) is 0 Å². The standard InChI is InChI=1S/C15H12BrClO2/c16-11-2-3-13(17)12(8-11)15(18)10-1-4-14-9(7-10)5-6-19-14/h1-4,7-8,15,18H,5-6H2. The van der Waals surface area contributed by atoms with Crippen LogP contribution in [0.2, 0.25) is 5.02 Å². The van der Waals surface area contributed by atoms with Crippen molar-refractivity contribution in [2.24, 2.45) is 0 Å². The smallest absolute Gasteiger partial charge is 0.122 e. The number of fused-ring (bicyclic) bond motifs is 1. The van der Waals surface area contributed by atoms with Crippen molar-refractivity contribution in [3.8, 4) is 5.75 Å². The molecule has 0 amide bonds. The highest BCUT2D eigenvalue weighted by atomic mass is 79.9. The van der Waals surface area contributed by atoms with Crippen LogP contribution in [0, 0.1) is 0 Å². The summed E-state index contributed by atoms with van der Waals surface area (Å²) in [5.41, 5.74) is 2.68. The molecule has 3 rings (SSSR count). The predicted octanol–water partition coefficient (Wildman–Crippen LogP) is 4.12. The number of hydrogen-bond acceptors (Lipinski definition) is 2. The number of benzene rings is 2. The van der Waals surface area contributed by atoms with Gasteiger partial charge >= 0.3 is 0 Å². The van der Waals surface area contributed by atoms with Gasteiger partial charge in [0.05, 0.1) is 6.61 Å². The zero-order valence-corrected chi connectivity index (χ0v) is 12.4. The minimum Gasteiger partial charge on any atom is -0.493 e. The van der Waals surface area contributed by atoms with Crippen molar-refractivity contribution in [3.05, 3.63) is 62.6 Å². The molecule has 0 aliphatic carbocycles. The number of aliphatic hydroxyl groups excluding tert-OH is 1. The Hall–Kier alpha value is -1.03. The van der Waals surface area contributed by atoms with Crippen molar-refractivity contribution in [2.45, 2.75) is 12.5 Å². The fourth-order valence-electron chi connectivity index (χ4n) is 2.28. The van der Waals surface area contributed by atoms with E-state index in [1.165, 1.54) is 0 Å². The second kappa shape index (κ2) is 5.16. The Morgan fingerprint density at radius 2 is 2.05 bits per heavy atom. The van der Waals surface area contributed by atoms with Crippen LogP contribution in [0.15, 0.2) is 40.9 Å². The molecular weight excluding hydrogens is 328 g/mol. The van der Waals surface area contributed by atoms with E-state index < -0.39 is 6.10 Å². The first-order valence-electron chi connectivity index (χ1n) is 6.04. The maximum absolute atomic E-state index is 10.5. The molecule has 0 saturated heterocycles. The van der Waals surface area contributed by atoms with E-state index in [2.05, 4.69) is 15.9 Å². The molecule has 1 atom stereocenters. The first-order chi connectivity index (χ1) is 9.15. The fraction of sp³-hybridized carbons (Fsp3) is 0.200. The summed E-state index contributed by atoms with van der Waals surface area (Å²) in [4.78, 5) is 0. The van der Waals surface area contributed by atoms with E-state index in [1.54, 1.807) is 6.07 Å². The van der Waals surface area contributed by atoms with Gasteiger partial charge in [-0.05, 0) is 41.5 Å².